The van der Waals surface area contributed by atoms with Crippen molar-refractivity contribution in [3.63, 3.8) is 0 Å². The second-order valence-corrected chi connectivity index (χ2v) is 4.07. The Morgan fingerprint density at radius 2 is 2.07 bits per heavy atom. The van der Waals surface area contributed by atoms with Crippen LogP contribution in [0.5, 0.6) is 0 Å². The summed E-state index contributed by atoms with van der Waals surface area (Å²) in [5.74, 6) is -0.953. The van der Waals surface area contributed by atoms with E-state index in [0.29, 0.717) is 0 Å². The lowest BCUT2D eigenvalue weighted by Crippen LogP contribution is -2.25. The Balaban J connectivity index is 2.29. The van der Waals surface area contributed by atoms with Crippen LogP contribution in [-0.4, -0.2) is 29.6 Å². The van der Waals surface area contributed by atoms with Crippen LogP contribution in [0.2, 0.25) is 0 Å². The minimum atomic E-state index is -0.687. The summed E-state index contributed by atoms with van der Waals surface area (Å²) in [5.41, 5.74) is 1.10. The molecule has 1 aliphatic heterocycles. The van der Waals surface area contributed by atoms with Gasteiger partial charge in [0.15, 0.2) is 0 Å². The van der Waals surface area contributed by atoms with E-state index in [0.717, 1.165) is 18.5 Å². The van der Waals surface area contributed by atoms with Gasteiger partial charge in [0.2, 0.25) is 0 Å². The average Bonchev–Trinajstić information content (AvgIpc) is 2.61. The summed E-state index contributed by atoms with van der Waals surface area (Å²) >= 11 is 0. The normalized spacial score (nSPS) is 26.7. The topological polar surface area (TPSA) is 40.5 Å². The van der Waals surface area contributed by atoms with E-state index in [1.807, 2.05) is 37.4 Å². The number of likely N-dealkylation sites (tertiary alicyclic amines) is 1. The van der Waals surface area contributed by atoms with Gasteiger partial charge in [0.05, 0.1) is 5.92 Å². The number of carboxylic acids is 1. The molecule has 1 aromatic carbocycles. The van der Waals surface area contributed by atoms with Crippen molar-refractivity contribution in [2.45, 2.75) is 12.5 Å². The van der Waals surface area contributed by atoms with E-state index in [1.165, 1.54) is 0 Å². The number of carbonyl (C=O) groups is 1. The molecule has 1 aromatic rings. The quantitative estimate of drug-likeness (QED) is 0.799. The molecular weight excluding hydrogens is 190 g/mol. The first-order valence-corrected chi connectivity index (χ1v) is 5.18. The first kappa shape index (κ1) is 10.2. The van der Waals surface area contributed by atoms with Gasteiger partial charge in [-0.05, 0) is 25.6 Å². The summed E-state index contributed by atoms with van der Waals surface area (Å²) in [6.07, 6.45) is 0.741. The van der Waals surface area contributed by atoms with Gasteiger partial charge < -0.3 is 5.11 Å². The first-order valence-electron chi connectivity index (χ1n) is 5.18. The molecule has 0 aromatic heterocycles. The third-order valence-electron chi connectivity index (χ3n) is 3.11. The van der Waals surface area contributed by atoms with Gasteiger partial charge in [-0.2, -0.15) is 0 Å². The molecule has 0 saturated carbocycles. The minimum absolute atomic E-state index is 0.0312. The average molecular weight is 205 g/mol. The Bertz CT molecular complexity index is 350. The number of hydrogen-bond acceptors (Lipinski definition) is 2. The van der Waals surface area contributed by atoms with Crippen LogP contribution in [0.15, 0.2) is 30.3 Å². The molecule has 1 N–H and O–H groups in total. The molecule has 0 radical (unpaired) electrons. The van der Waals surface area contributed by atoms with Crippen LogP contribution in [-0.2, 0) is 4.79 Å². The van der Waals surface area contributed by atoms with Crippen LogP contribution >= 0.6 is 0 Å². The molecule has 1 aliphatic rings. The van der Waals surface area contributed by atoms with Gasteiger partial charge in [0.25, 0.3) is 0 Å². The highest BCUT2D eigenvalue weighted by Gasteiger charge is 2.37. The van der Waals surface area contributed by atoms with Crippen molar-refractivity contribution >= 4 is 5.97 Å². The summed E-state index contributed by atoms with van der Waals surface area (Å²) in [6.45, 7) is 0.858. The van der Waals surface area contributed by atoms with E-state index in [1.54, 1.807) is 0 Å². The molecule has 0 aliphatic carbocycles. The van der Waals surface area contributed by atoms with Crippen molar-refractivity contribution in [3.8, 4) is 0 Å². The molecule has 1 fully saturated rings. The van der Waals surface area contributed by atoms with Gasteiger partial charge in [-0.15, -0.1) is 0 Å². The lowest BCUT2D eigenvalue weighted by Gasteiger charge is -2.23. The molecule has 0 spiro atoms. The van der Waals surface area contributed by atoms with Gasteiger partial charge in [-0.3, -0.25) is 9.69 Å². The zero-order valence-electron chi connectivity index (χ0n) is 8.76. The third kappa shape index (κ3) is 1.88. The van der Waals surface area contributed by atoms with Crippen LogP contribution in [0.4, 0.5) is 0 Å². The summed E-state index contributed by atoms with van der Waals surface area (Å²) in [6, 6.07) is 9.91. The SMILES string of the molecule is CN1CCC(C(=O)O)C1c1ccccc1. The van der Waals surface area contributed by atoms with E-state index in [2.05, 4.69) is 4.90 Å². The summed E-state index contributed by atoms with van der Waals surface area (Å²) < 4.78 is 0. The Labute approximate surface area is 89.3 Å². The highest BCUT2D eigenvalue weighted by atomic mass is 16.4. The van der Waals surface area contributed by atoms with E-state index >= 15 is 0 Å². The predicted molar refractivity (Wildman–Crippen MR) is 57.6 cm³/mol. The number of rotatable bonds is 2. The van der Waals surface area contributed by atoms with Gasteiger partial charge in [0.1, 0.15) is 0 Å². The Morgan fingerprint density at radius 1 is 1.40 bits per heavy atom. The fourth-order valence-corrected chi connectivity index (χ4v) is 2.34. The Hall–Kier alpha value is -1.35. The Kier molecular flexibility index (Phi) is 2.73. The predicted octanol–water partition coefficient (Wildman–Crippen LogP) is 1.76. The summed E-state index contributed by atoms with van der Waals surface area (Å²) in [7, 11) is 1.99. The van der Waals surface area contributed by atoms with E-state index < -0.39 is 5.97 Å². The molecule has 0 bridgehead atoms. The van der Waals surface area contributed by atoms with Crippen LogP contribution in [0, 0.1) is 5.92 Å². The van der Waals surface area contributed by atoms with E-state index in [9.17, 15) is 4.79 Å². The number of aliphatic carboxylic acids is 1. The zero-order valence-corrected chi connectivity index (χ0v) is 8.76. The van der Waals surface area contributed by atoms with Gasteiger partial charge in [0, 0.05) is 6.04 Å². The van der Waals surface area contributed by atoms with Gasteiger partial charge in [-0.1, -0.05) is 30.3 Å². The fourth-order valence-electron chi connectivity index (χ4n) is 2.34. The molecule has 0 amide bonds. The van der Waals surface area contributed by atoms with Crippen molar-refractivity contribution < 1.29 is 9.90 Å². The molecule has 2 rings (SSSR count). The maximum atomic E-state index is 11.1. The Morgan fingerprint density at radius 3 is 2.67 bits per heavy atom. The van der Waals surface area contributed by atoms with Crippen molar-refractivity contribution in [2.75, 3.05) is 13.6 Å². The molecule has 1 saturated heterocycles. The smallest absolute Gasteiger partial charge is 0.308 e. The van der Waals surface area contributed by atoms with Gasteiger partial charge in [-0.25, -0.2) is 0 Å². The molecule has 3 heteroatoms. The highest BCUT2D eigenvalue weighted by molar-refractivity contribution is 5.71. The van der Waals surface area contributed by atoms with E-state index in [-0.39, 0.29) is 12.0 Å². The molecule has 2 unspecified atom stereocenters. The van der Waals surface area contributed by atoms with Crippen LogP contribution in [0.25, 0.3) is 0 Å². The number of hydrogen-bond donors (Lipinski definition) is 1. The summed E-state index contributed by atoms with van der Waals surface area (Å²) in [5, 5.41) is 9.14. The van der Waals surface area contributed by atoms with Crippen LogP contribution in [0.1, 0.15) is 18.0 Å². The molecule has 2 atom stereocenters. The second kappa shape index (κ2) is 4.03. The maximum Gasteiger partial charge on any atom is 0.308 e. The molecule has 1 heterocycles. The minimum Gasteiger partial charge on any atom is -0.481 e. The molecule has 15 heavy (non-hydrogen) atoms. The molecule has 80 valence electrons. The standard InChI is InChI=1S/C12H15NO2/c1-13-8-7-10(12(14)15)11(13)9-5-3-2-4-6-9/h2-6,10-11H,7-8H2,1H3,(H,14,15). The second-order valence-electron chi connectivity index (χ2n) is 4.07. The first-order chi connectivity index (χ1) is 7.20. The highest BCUT2D eigenvalue weighted by Crippen LogP contribution is 2.35. The molecular formula is C12H15NO2. The number of nitrogens with zero attached hydrogens (tertiary/aromatic N) is 1. The van der Waals surface area contributed by atoms with Crippen LogP contribution in [0.3, 0.4) is 0 Å². The number of carboxylic acid groups (broad SMARTS) is 1. The maximum absolute atomic E-state index is 11.1. The largest absolute Gasteiger partial charge is 0.481 e. The lowest BCUT2D eigenvalue weighted by atomic mass is 9.94. The third-order valence-corrected chi connectivity index (χ3v) is 3.11. The molecule has 3 nitrogen and oxygen atoms in total. The lowest BCUT2D eigenvalue weighted by molar-refractivity contribution is -0.142. The van der Waals surface area contributed by atoms with Crippen LogP contribution < -0.4 is 0 Å². The van der Waals surface area contributed by atoms with Crippen molar-refractivity contribution in [1.82, 2.24) is 4.90 Å². The monoisotopic (exact) mass is 205 g/mol. The summed E-state index contributed by atoms with van der Waals surface area (Å²) in [4.78, 5) is 13.2. The fraction of sp³-hybridized carbons (Fsp3) is 0.417. The van der Waals surface area contributed by atoms with Crippen molar-refractivity contribution in [1.29, 1.82) is 0 Å². The van der Waals surface area contributed by atoms with Crippen molar-refractivity contribution in [3.05, 3.63) is 35.9 Å². The van der Waals surface area contributed by atoms with E-state index in [4.69, 9.17) is 5.11 Å². The van der Waals surface area contributed by atoms with Gasteiger partial charge >= 0.3 is 5.97 Å². The number of benzene rings is 1. The zero-order chi connectivity index (χ0) is 10.8. The van der Waals surface area contributed by atoms with Crippen molar-refractivity contribution in [2.24, 2.45) is 5.92 Å².